The Hall–Kier alpha value is -1.68. The summed E-state index contributed by atoms with van der Waals surface area (Å²) in [6, 6.07) is 4.76. The molecule has 2 aromatic rings. The summed E-state index contributed by atoms with van der Waals surface area (Å²) >= 11 is 0. The fourth-order valence-electron chi connectivity index (χ4n) is 1.95. The summed E-state index contributed by atoms with van der Waals surface area (Å²) in [6.45, 7) is 3.84. The first-order valence-electron chi connectivity index (χ1n) is 5.71. The topological polar surface area (TPSA) is 43.8 Å². The van der Waals surface area contributed by atoms with E-state index in [0.717, 1.165) is 17.8 Å². The van der Waals surface area contributed by atoms with Crippen molar-refractivity contribution in [1.82, 2.24) is 9.55 Å². The van der Waals surface area contributed by atoms with E-state index in [9.17, 15) is 4.39 Å². The van der Waals surface area contributed by atoms with Crippen LogP contribution < -0.4 is 5.73 Å². The normalized spacial score (nSPS) is 12.7. The highest BCUT2D eigenvalue weighted by atomic mass is 19.1. The van der Waals surface area contributed by atoms with Gasteiger partial charge in [0.2, 0.25) is 0 Å². The van der Waals surface area contributed by atoms with Gasteiger partial charge in [-0.15, -0.1) is 0 Å². The SMILES string of the molecule is CCc1nccn1-c1c(F)cccc1C(C)N. The van der Waals surface area contributed by atoms with Crippen LogP contribution in [-0.2, 0) is 6.42 Å². The van der Waals surface area contributed by atoms with Gasteiger partial charge in [0.1, 0.15) is 11.6 Å². The van der Waals surface area contributed by atoms with Gasteiger partial charge in [-0.2, -0.15) is 0 Å². The van der Waals surface area contributed by atoms with Crippen molar-refractivity contribution in [3.63, 3.8) is 0 Å². The van der Waals surface area contributed by atoms with Gasteiger partial charge >= 0.3 is 0 Å². The van der Waals surface area contributed by atoms with Crippen molar-refractivity contribution in [1.29, 1.82) is 0 Å². The molecule has 0 aliphatic carbocycles. The third-order valence-corrected chi connectivity index (χ3v) is 2.78. The quantitative estimate of drug-likeness (QED) is 0.885. The number of hydrogen-bond acceptors (Lipinski definition) is 2. The number of nitrogens with two attached hydrogens (primary N) is 1. The van der Waals surface area contributed by atoms with Crippen molar-refractivity contribution in [2.75, 3.05) is 0 Å². The minimum Gasteiger partial charge on any atom is -0.324 e. The maximum atomic E-state index is 14.0. The molecule has 17 heavy (non-hydrogen) atoms. The number of nitrogens with zero attached hydrogens (tertiary/aromatic N) is 2. The molecule has 90 valence electrons. The number of imidazole rings is 1. The lowest BCUT2D eigenvalue weighted by molar-refractivity contribution is 0.608. The van der Waals surface area contributed by atoms with E-state index in [2.05, 4.69) is 4.98 Å². The van der Waals surface area contributed by atoms with Crippen LogP contribution in [0.3, 0.4) is 0 Å². The fraction of sp³-hybridized carbons (Fsp3) is 0.308. The summed E-state index contributed by atoms with van der Waals surface area (Å²) in [5.41, 5.74) is 7.18. The largest absolute Gasteiger partial charge is 0.324 e. The molecule has 0 aliphatic heterocycles. The Kier molecular flexibility index (Phi) is 3.24. The van der Waals surface area contributed by atoms with Gasteiger partial charge < -0.3 is 10.3 Å². The number of rotatable bonds is 3. The second-order valence-electron chi connectivity index (χ2n) is 4.03. The van der Waals surface area contributed by atoms with Crippen LogP contribution >= 0.6 is 0 Å². The Labute approximate surface area is 100 Å². The molecule has 2 rings (SSSR count). The average Bonchev–Trinajstić information content (AvgIpc) is 2.76. The lowest BCUT2D eigenvalue weighted by atomic mass is 10.1. The van der Waals surface area contributed by atoms with Gasteiger partial charge in [0.25, 0.3) is 0 Å². The zero-order chi connectivity index (χ0) is 12.4. The molecule has 0 radical (unpaired) electrons. The molecule has 1 aromatic carbocycles. The van der Waals surface area contributed by atoms with E-state index in [-0.39, 0.29) is 11.9 Å². The molecule has 0 bridgehead atoms. The van der Waals surface area contributed by atoms with Crippen LogP contribution in [0.25, 0.3) is 5.69 Å². The molecule has 0 aliphatic rings. The van der Waals surface area contributed by atoms with Gasteiger partial charge in [0.05, 0.1) is 5.69 Å². The Morgan fingerprint density at radius 3 is 2.88 bits per heavy atom. The van der Waals surface area contributed by atoms with Crippen LogP contribution in [-0.4, -0.2) is 9.55 Å². The minimum absolute atomic E-state index is 0.215. The fourth-order valence-corrected chi connectivity index (χ4v) is 1.95. The first-order valence-corrected chi connectivity index (χ1v) is 5.71. The first kappa shape index (κ1) is 11.8. The Balaban J connectivity index is 2.65. The van der Waals surface area contributed by atoms with E-state index in [1.54, 1.807) is 23.0 Å². The molecule has 0 saturated carbocycles. The molecular weight excluding hydrogens is 217 g/mol. The van der Waals surface area contributed by atoms with E-state index in [1.165, 1.54) is 6.07 Å². The van der Waals surface area contributed by atoms with Gasteiger partial charge in [-0.25, -0.2) is 9.37 Å². The molecule has 0 amide bonds. The molecule has 1 atom stereocenters. The third-order valence-electron chi connectivity index (χ3n) is 2.78. The van der Waals surface area contributed by atoms with Gasteiger partial charge in [0, 0.05) is 24.9 Å². The molecule has 1 unspecified atom stereocenters. The van der Waals surface area contributed by atoms with Crippen LogP contribution in [0.1, 0.15) is 31.3 Å². The van der Waals surface area contributed by atoms with E-state index in [0.29, 0.717) is 5.69 Å². The molecule has 1 aromatic heterocycles. The molecule has 2 N–H and O–H groups in total. The molecule has 4 heteroatoms. The van der Waals surface area contributed by atoms with Crippen LogP contribution in [0.15, 0.2) is 30.6 Å². The van der Waals surface area contributed by atoms with Crippen molar-refractivity contribution in [2.45, 2.75) is 26.3 Å². The van der Waals surface area contributed by atoms with Crippen LogP contribution in [0.5, 0.6) is 0 Å². The second-order valence-corrected chi connectivity index (χ2v) is 4.03. The molecule has 0 spiro atoms. The molecule has 0 saturated heterocycles. The standard InChI is InChI=1S/C13H16FN3/c1-3-12-16-7-8-17(12)13-10(9(2)15)5-4-6-11(13)14/h4-9H,3,15H2,1-2H3. The van der Waals surface area contributed by atoms with Gasteiger partial charge in [-0.1, -0.05) is 19.1 Å². The number of halogens is 1. The molecule has 1 heterocycles. The van der Waals surface area contributed by atoms with Crippen LogP contribution in [0.4, 0.5) is 4.39 Å². The smallest absolute Gasteiger partial charge is 0.147 e. The van der Waals surface area contributed by atoms with Gasteiger partial charge in [0.15, 0.2) is 0 Å². The maximum absolute atomic E-state index is 14.0. The number of benzene rings is 1. The Morgan fingerprint density at radius 1 is 1.47 bits per heavy atom. The van der Waals surface area contributed by atoms with E-state index < -0.39 is 0 Å². The lowest BCUT2D eigenvalue weighted by Crippen LogP contribution is -2.12. The minimum atomic E-state index is -0.271. The number of para-hydroxylation sites is 1. The first-order chi connectivity index (χ1) is 8.15. The van der Waals surface area contributed by atoms with Crippen LogP contribution in [0, 0.1) is 5.82 Å². The third kappa shape index (κ3) is 2.08. The van der Waals surface area contributed by atoms with Crippen molar-refractivity contribution in [2.24, 2.45) is 5.73 Å². The van der Waals surface area contributed by atoms with E-state index in [1.807, 2.05) is 19.9 Å². The molecule has 0 fully saturated rings. The molecular formula is C13H16FN3. The highest BCUT2D eigenvalue weighted by Crippen LogP contribution is 2.24. The van der Waals surface area contributed by atoms with Crippen molar-refractivity contribution in [3.05, 3.63) is 47.8 Å². The summed E-state index contributed by atoms with van der Waals surface area (Å²) in [5.74, 6) is 0.560. The van der Waals surface area contributed by atoms with Crippen molar-refractivity contribution in [3.8, 4) is 5.69 Å². The van der Waals surface area contributed by atoms with Crippen molar-refractivity contribution < 1.29 is 4.39 Å². The average molecular weight is 233 g/mol. The van der Waals surface area contributed by atoms with Gasteiger partial charge in [-0.3, -0.25) is 0 Å². The second kappa shape index (κ2) is 4.67. The maximum Gasteiger partial charge on any atom is 0.147 e. The summed E-state index contributed by atoms with van der Waals surface area (Å²) < 4.78 is 15.8. The predicted molar refractivity (Wildman–Crippen MR) is 65.5 cm³/mol. The highest BCUT2D eigenvalue weighted by molar-refractivity contribution is 5.45. The lowest BCUT2D eigenvalue weighted by Gasteiger charge is -2.15. The summed E-state index contributed by atoms with van der Waals surface area (Å²) in [4.78, 5) is 4.21. The Bertz CT molecular complexity index is 517. The summed E-state index contributed by atoms with van der Waals surface area (Å²) in [7, 11) is 0. The number of aromatic nitrogens is 2. The summed E-state index contributed by atoms with van der Waals surface area (Å²) in [6.07, 6.45) is 4.19. The Morgan fingerprint density at radius 2 is 2.24 bits per heavy atom. The van der Waals surface area contributed by atoms with Crippen LogP contribution in [0.2, 0.25) is 0 Å². The molecule has 3 nitrogen and oxygen atoms in total. The van der Waals surface area contributed by atoms with Gasteiger partial charge in [-0.05, 0) is 18.6 Å². The number of aryl methyl sites for hydroxylation is 1. The summed E-state index contributed by atoms with van der Waals surface area (Å²) in [5, 5.41) is 0. The van der Waals surface area contributed by atoms with E-state index in [4.69, 9.17) is 5.73 Å². The highest BCUT2D eigenvalue weighted by Gasteiger charge is 2.15. The number of hydrogen-bond donors (Lipinski definition) is 1. The zero-order valence-corrected chi connectivity index (χ0v) is 10.0. The predicted octanol–water partition coefficient (Wildman–Crippen LogP) is 2.59. The monoisotopic (exact) mass is 233 g/mol. The van der Waals surface area contributed by atoms with Crippen molar-refractivity contribution >= 4 is 0 Å². The van der Waals surface area contributed by atoms with E-state index >= 15 is 0 Å². The zero-order valence-electron chi connectivity index (χ0n) is 10.0.